The van der Waals surface area contributed by atoms with Crippen molar-refractivity contribution in [3.05, 3.63) is 24.3 Å². The van der Waals surface area contributed by atoms with Gasteiger partial charge in [-0.05, 0) is 38.9 Å². The average molecular weight is 243 g/mol. The van der Waals surface area contributed by atoms with Gasteiger partial charge in [0.1, 0.15) is 0 Å². The molecular formula is C11H19ClN4. The van der Waals surface area contributed by atoms with Crippen LogP contribution >= 0.6 is 12.4 Å². The summed E-state index contributed by atoms with van der Waals surface area (Å²) in [7, 11) is 0. The van der Waals surface area contributed by atoms with Crippen LogP contribution in [0.1, 0.15) is 25.1 Å². The molecule has 1 aromatic rings. The molecule has 5 heteroatoms. The van der Waals surface area contributed by atoms with Gasteiger partial charge in [0.25, 0.3) is 0 Å². The molecule has 1 fully saturated rings. The molecule has 2 unspecified atom stereocenters. The van der Waals surface area contributed by atoms with E-state index < -0.39 is 0 Å². The standard InChI is InChI=1S/C11H18N4.ClH/c1-9(11-8-13-4-5-14-11)15-7-10-2-3-12-6-10;/h4-5,8-10,12,15H,2-3,6-7H2,1H3;1H. The molecule has 0 saturated carbocycles. The maximum absolute atomic E-state index is 4.28. The second kappa shape index (κ2) is 6.78. The Hall–Kier alpha value is -0.710. The van der Waals surface area contributed by atoms with E-state index in [0.29, 0.717) is 6.04 Å². The van der Waals surface area contributed by atoms with E-state index in [9.17, 15) is 0 Å². The molecule has 0 spiro atoms. The monoisotopic (exact) mass is 242 g/mol. The second-order valence-electron chi connectivity index (χ2n) is 4.12. The summed E-state index contributed by atoms with van der Waals surface area (Å²) in [5.41, 5.74) is 1.02. The van der Waals surface area contributed by atoms with Crippen LogP contribution in [-0.2, 0) is 0 Å². The van der Waals surface area contributed by atoms with E-state index in [1.807, 2.05) is 6.20 Å². The summed E-state index contributed by atoms with van der Waals surface area (Å²) in [5, 5.41) is 6.87. The zero-order valence-electron chi connectivity index (χ0n) is 9.52. The molecule has 2 rings (SSSR count). The normalized spacial score (nSPS) is 21.4. The minimum atomic E-state index is 0. The second-order valence-corrected chi connectivity index (χ2v) is 4.12. The molecule has 0 aromatic carbocycles. The molecule has 1 aliphatic rings. The Labute approximate surface area is 103 Å². The molecule has 1 aromatic heterocycles. The molecule has 0 bridgehead atoms. The fraction of sp³-hybridized carbons (Fsp3) is 0.636. The first-order valence-corrected chi connectivity index (χ1v) is 5.56. The summed E-state index contributed by atoms with van der Waals surface area (Å²) in [6.45, 7) is 5.49. The van der Waals surface area contributed by atoms with Crippen molar-refractivity contribution in [3.63, 3.8) is 0 Å². The van der Waals surface area contributed by atoms with Crippen LogP contribution in [0, 0.1) is 5.92 Å². The van der Waals surface area contributed by atoms with Crippen molar-refractivity contribution in [1.29, 1.82) is 0 Å². The van der Waals surface area contributed by atoms with Crippen LogP contribution in [0.4, 0.5) is 0 Å². The summed E-state index contributed by atoms with van der Waals surface area (Å²) in [4.78, 5) is 8.35. The number of nitrogens with zero attached hydrogens (tertiary/aromatic N) is 2. The van der Waals surface area contributed by atoms with Crippen molar-refractivity contribution in [2.45, 2.75) is 19.4 Å². The van der Waals surface area contributed by atoms with E-state index in [-0.39, 0.29) is 12.4 Å². The fourth-order valence-corrected chi connectivity index (χ4v) is 1.87. The van der Waals surface area contributed by atoms with Gasteiger partial charge in [-0.15, -0.1) is 12.4 Å². The SMILES string of the molecule is CC(NCC1CCNC1)c1cnccn1.Cl. The number of rotatable bonds is 4. The molecule has 16 heavy (non-hydrogen) atoms. The van der Waals surface area contributed by atoms with Crippen LogP contribution in [0.3, 0.4) is 0 Å². The summed E-state index contributed by atoms with van der Waals surface area (Å²) >= 11 is 0. The van der Waals surface area contributed by atoms with Gasteiger partial charge < -0.3 is 10.6 Å². The Morgan fingerprint density at radius 3 is 3.06 bits per heavy atom. The van der Waals surface area contributed by atoms with Gasteiger partial charge in [-0.25, -0.2) is 0 Å². The first-order valence-electron chi connectivity index (χ1n) is 5.56. The van der Waals surface area contributed by atoms with E-state index in [1.165, 1.54) is 6.42 Å². The molecule has 2 N–H and O–H groups in total. The molecule has 90 valence electrons. The molecule has 2 heterocycles. The summed E-state index contributed by atoms with van der Waals surface area (Å²) in [6.07, 6.45) is 6.55. The molecule has 0 radical (unpaired) electrons. The summed E-state index contributed by atoms with van der Waals surface area (Å²) < 4.78 is 0. The first kappa shape index (κ1) is 13.4. The number of aromatic nitrogens is 2. The maximum atomic E-state index is 4.28. The topological polar surface area (TPSA) is 49.8 Å². The molecule has 1 saturated heterocycles. The zero-order chi connectivity index (χ0) is 10.5. The fourth-order valence-electron chi connectivity index (χ4n) is 1.87. The van der Waals surface area contributed by atoms with Gasteiger partial charge in [-0.2, -0.15) is 0 Å². The minimum absolute atomic E-state index is 0. The molecule has 2 atom stereocenters. The van der Waals surface area contributed by atoms with E-state index in [0.717, 1.165) is 31.2 Å². The van der Waals surface area contributed by atoms with Gasteiger partial charge >= 0.3 is 0 Å². The smallest absolute Gasteiger partial charge is 0.0753 e. The van der Waals surface area contributed by atoms with Crippen LogP contribution < -0.4 is 10.6 Å². The summed E-state index contributed by atoms with van der Waals surface area (Å²) in [5.74, 6) is 0.768. The van der Waals surface area contributed by atoms with Gasteiger partial charge in [-0.3, -0.25) is 9.97 Å². The van der Waals surface area contributed by atoms with E-state index in [2.05, 4.69) is 27.5 Å². The number of hydrogen-bond donors (Lipinski definition) is 2. The third kappa shape index (κ3) is 3.70. The Balaban J connectivity index is 0.00000128. The van der Waals surface area contributed by atoms with Gasteiger partial charge in [0.05, 0.1) is 5.69 Å². The van der Waals surface area contributed by atoms with E-state index >= 15 is 0 Å². The Bertz CT molecular complexity index is 287. The van der Waals surface area contributed by atoms with Gasteiger partial charge in [0.2, 0.25) is 0 Å². The predicted octanol–water partition coefficient (Wildman–Crippen LogP) is 1.16. The lowest BCUT2D eigenvalue weighted by molar-refractivity contribution is 0.464. The van der Waals surface area contributed by atoms with Gasteiger partial charge in [-0.1, -0.05) is 0 Å². The van der Waals surface area contributed by atoms with Crippen LogP contribution in [0.25, 0.3) is 0 Å². The van der Waals surface area contributed by atoms with Crippen LogP contribution in [-0.4, -0.2) is 29.6 Å². The highest BCUT2D eigenvalue weighted by Crippen LogP contribution is 2.10. The van der Waals surface area contributed by atoms with Crippen molar-refractivity contribution >= 4 is 12.4 Å². The average Bonchev–Trinajstić information content (AvgIpc) is 2.80. The minimum Gasteiger partial charge on any atom is -0.316 e. The maximum Gasteiger partial charge on any atom is 0.0753 e. The largest absolute Gasteiger partial charge is 0.316 e. The third-order valence-electron chi connectivity index (χ3n) is 2.90. The lowest BCUT2D eigenvalue weighted by Gasteiger charge is -2.15. The van der Waals surface area contributed by atoms with Crippen molar-refractivity contribution in [2.24, 2.45) is 5.92 Å². The molecule has 0 amide bonds. The van der Waals surface area contributed by atoms with Crippen molar-refractivity contribution in [3.8, 4) is 0 Å². The zero-order valence-corrected chi connectivity index (χ0v) is 10.3. The quantitative estimate of drug-likeness (QED) is 0.832. The lowest BCUT2D eigenvalue weighted by atomic mass is 10.1. The highest BCUT2D eigenvalue weighted by Gasteiger charge is 2.15. The van der Waals surface area contributed by atoms with Crippen molar-refractivity contribution in [1.82, 2.24) is 20.6 Å². The van der Waals surface area contributed by atoms with Crippen molar-refractivity contribution in [2.75, 3.05) is 19.6 Å². The third-order valence-corrected chi connectivity index (χ3v) is 2.90. The Kier molecular flexibility index (Phi) is 5.66. The van der Waals surface area contributed by atoms with Crippen molar-refractivity contribution < 1.29 is 0 Å². The van der Waals surface area contributed by atoms with Crippen LogP contribution in [0.5, 0.6) is 0 Å². The Morgan fingerprint density at radius 1 is 1.56 bits per heavy atom. The van der Waals surface area contributed by atoms with Gasteiger partial charge in [0, 0.05) is 24.6 Å². The first-order chi connectivity index (χ1) is 7.36. The molecule has 1 aliphatic heterocycles. The highest BCUT2D eigenvalue weighted by atomic mass is 35.5. The summed E-state index contributed by atoms with van der Waals surface area (Å²) in [6, 6.07) is 0.291. The number of hydrogen-bond acceptors (Lipinski definition) is 4. The number of halogens is 1. The highest BCUT2D eigenvalue weighted by molar-refractivity contribution is 5.85. The van der Waals surface area contributed by atoms with Crippen LogP contribution in [0.2, 0.25) is 0 Å². The van der Waals surface area contributed by atoms with Gasteiger partial charge in [0.15, 0.2) is 0 Å². The predicted molar refractivity (Wildman–Crippen MR) is 66.7 cm³/mol. The van der Waals surface area contributed by atoms with E-state index in [4.69, 9.17) is 0 Å². The van der Waals surface area contributed by atoms with E-state index in [1.54, 1.807) is 12.4 Å². The lowest BCUT2D eigenvalue weighted by Crippen LogP contribution is -2.27. The molecular weight excluding hydrogens is 224 g/mol. The Morgan fingerprint density at radius 2 is 2.44 bits per heavy atom. The molecule has 4 nitrogen and oxygen atoms in total. The molecule has 0 aliphatic carbocycles. The van der Waals surface area contributed by atoms with Crippen LogP contribution in [0.15, 0.2) is 18.6 Å². The number of nitrogens with one attached hydrogen (secondary N) is 2.